The lowest BCUT2D eigenvalue weighted by Gasteiger charge is -2.11. The molecule has 0 aliphatic carbocycles. The highest BCUT2D eigenvalue weighted by atomic mass is 35.5. The number of pyridine rings is 1. The Kier molecular flexibility index (Phi) is 5.78. The molecule has 10 heteroatoms. The maximum absolute atomic E-state index is 12.9. The largest absolute Gasteiger partial charge is 0.449 e. The second kappa shape index (κ2) is 8.92. The quantitative estimate of drug-likeness (QED) is 0.348. The first-order chi connectivity index (χ1) is 16.9. The summed E-state index contributed by atoms with van der Waals surface area (Å²) < 4.78 is 10.6. The van der Waals surface area contributed by atoms with Crippen LogP contribution in [0.2, 0.25) is 5.02 Å². The smallest absolute Gasteiger partial charge is 0.418 e. The Hall–Kier alpha value is -4.11. The Bertz CT molecular complexity index is 1560. The van der Waals surface area contributed by atoms with Gasteiger partial charge in [0.25, 0.3) is 0 Å². The van der Waals surface area contributed by atoms with Crippen LogP contribution in [-0.4, -0.2) is 41.6 Å². The van der Waals surface area contributed by atoms with Gasteiger partial charge in [0.05, 0.1) is 46.6 Å². The molecule has 0 spiro atoms. The van der Waals surface area contributed by atoms with Crippen LogP contribution in [0, 0.1) is 6.92 Å². The molecule has 5 aromatic rings. The van der Waals surface area contributed by atoms with Gasteiger partial charge in [-0.1, -0.05) is 17.7 Å². The number of carbonyl (C=O) groups is 1. The van der Waals surface area contributed by atoms with Crippen LogP contribution >= 0.6 is 11.6 Å². The first kappa shape index (κ1) is 22.7. The highest BCUT2D eigenvalue weighted by Gasteiger charge is 2.19. The van der Waals surface area contributed by atoms with Crippen LogP contribution in [0.3, 0.4) is 0 Å². The fourth-order valence-corrected chi connectivity index (χ4v) is 4.23. The predicted octanol–water partition coefficient (Wildman–Crippen LogP) is 5.55. The molecule has 0 aliphatic heterocycles. The number of nitrogens with one attached hydrogen (secondary N) is 1. The van der Waals surface area contributed by atoms with E-state index in [1.54, 1.807) is 30.1 Å². The number of hydrogen-bond donors (Lipinski definition) is 1. The molecule has 0 amide bonds. The molecule has 0 radical (unpaired) electrons. The van der Waals surface area contributed by atoms with Crippen molar-refractivity contribution in [3.05, 3.63) is 66.0 Å². The zero-order valence-electron chi connectivity index (χ0n) is 19.8. The average molecular weight is 490 g/mol. The Balaban J connectivity index is 1.52. The van der Waals surface area contributed by atoms with Gasteiger partial charge in [-0.2, -0.15) is 5.10 Å². The van der Waals surface area contributed by atoms with Gasteiger partial charge in [0, 0.05) is 49.1 Å². The topological polar surface area (TPSA) is 91.8 Å². The highest BCUT2D eigenvalue weighted by molar-refractivity contribution is 6.33. The number of benzene rings is 1. The summed E-state index contributed by atoms with van der Waals surface area (Å²) in [6.07, 6.45) is 6.64. The van der Waals surface area contributed by atoms with E-state index in [0.29, 0.717) is 27.7 Å². The van der Waals surface area contributed by atoms with E-state index in [1.165, 1.54) is 4.57 Å². The van der Waals surface area contributed by atoms with Crippen LogP contribution in [0.1, 0.15) is 12.7 Å². The number of halogens is 1. The van der Waals surface area contributed by atoms with Crippen molar-refractivity contribution in [3.8, 4) is 22.5 Å². The van der Waals surface area contributed by atoms with Gasteiger partial charge in [-0.15, -0.1) is 0 Å². The van der Waals surface area contributed by atoms with E-state index < -0.39 is 6.09 Å². The minimum atomic E-state index is -0.465. The molecule has 4 aromatic heterocycles. The molecule has 1 aromatic carbocycles. The average Bonchev–Trinajstić information content (AvgIpc) is 3.52. The molecule has 0 saturated carbocycles. The normalized spacial score (nSPS) is 11.2. The third-order valence-electron chi connectivity index (χ3n) is 5.89. The number of anilines is 2. The van der Waals surface area contributed by atoms with Gasteiger partial charge in [0.15, 0.2) is 0 Å². The summed E-state index contributed by atoms with van der Waals surface area (Å²) in [5.41, 5.74) is 4.78. The lowest BCUT2D eigenvalue weighted by atomic mass is 10.1. The van der Waals surface area contributed by atoms with Crippen molar-refractivity contribution >= 4 is 40.1 Å². The maximum Gasteiger partial charge on any atom is 0.418 e. The Morgan fingerprint density at radius 2 is 1.89 bits per heavy atom. The van der Waals surface area contributed by atoms with Crippen LogP contribution in [0.25, 0.3) is 33.4 Å². The van der Waals surface area contributed by atoms with Crippen molar-refractivity contribution in [2.45, 2.75) is 13.8 Å². The summed E-state index contributed by atoms with van der Waals surface area (Å²) in [4.78, 5) is 21.8. The SMILES string of the molecule is CCOC(=O)n1c(-c2cnn(C)c2)cc2cnc(Nc3ccc(-c4cnc(C)n4C)cc3Cl)cc21. The Morgan fingerprint density at radius 1 is 1.06 bits per heavy atom. The fraction of sp³-hybridized carbons (Fsp3) is 0.200. The molecule has 1 N–H and O–H groups in total. The van der Waals surface area contributed by atoms with E-state index in [4.69, 9.17) is 16.3 Å². The minimum absolute atomic E-state index is 0.263. The third-order valence-corrected chi connectivity index (χ3v) is 6.20. The standard InChI is InChI=1S/C25H24ClN7O2/c1-5-35-25(34)33-21(18-12-29-31(3)14-18)9-17-11-28-24(10-22(17)33)30-20-7-6-16(8-19(20)26)23-13-27-15(2)32(23)4/h6-14H,5H2,1-4H3,(H,28,30). The van der Waals surface area contributed by atoms with Gasteiger partial charge in [-0.05, 0) is 32.0 Å². The summed E-state index contributed by atoms with van der Waals surface area (Å²) in [5, 5.41) is 8.84. The summed E-state index contributed by atoms with van der Waals surface area (Å²) >= 11 is 6.61. The summed E-state index contributed by atoms with van der Waals surface area (Å²) in [5.74, 6) is 1.47. The van der Waals surface area contributed by atoms with Crippen molar-refractivity contribution in [1.29, 1.82) is 0 Å². The van der Waals surface area contributed by atoms with Crippen LogP contribution in [0.4, 0.5) is 16.3 Å². The molecule has 35 heavy (non-hydrogen) atoms. The predicted molar refractivity (Wildman–Crippen MR) is 136 cm³/mol. The van der Waals surface area contributed by atoms with Gasteiger partial charge in [-0.25, -0.2) is 19.3 Å². The van der Waals surface area contributed by atoms with Gasteiger partial charge in [0.2, 0.25) is 0 Å². The van der Waals surface area contributed by atoms with Gasteiger partial charge in [0.1, 0.15) is 11.6 Å². The number of ether oxygens (including phenoxy) is 1. The van der Waals surface area contributed by atoms with Gasteiger partial charge in [-0.3, -0.25) is 4.68 Å². The van der Waals surface area contributed by atoms with Crippen molar-refractivity contribution in [1.82, 2.24) is 28.9 Å². The first-order valence-electron chi connectivity index (χ1n) is 11.1. The van der Waals surface area contributed by atoms with E-state index in [9.17, 15) is 4.79 Å². The summed E-state index contributed by atoms with van der Waals surface area (Å²) in [6.45, 7) is 3.99. The van der Waals surface area contributed by atoms with Crippen LogP contribution in [0.5, 0.6) is 0 Å². The maximum atomic E-state index is 12.9. The van der Waals surface area contributed by atoms with Crippen LogP contribution in [0.15, 0.2) is 55.1 Å². The van der Waals surface area contributed by atoms with E-state index in [1.807, 2.05) is 62.2 Å². The Morgan fingerprint density at radius 3 is 2.54 bits per heavy atom. The second-order valence-electron chi connectivity index (χ2n) is 8.16. The number of aryl methyl sites for hydroxylation is 2. The summed E-state index contributed by atoms with van der Waals surface area (Å²) in [6, 6.07) is 9.47. The molecular weight excluding hydrogens is 466 g/mol. The molecule has 0 unspecified atom stereocenters. The highest BCUT2D eigenvalue weighted by Crippen LogP contribution is 2.33. The van der Waals surface area contributed by atoms with E-state index in [2.05, 4.69) is 20.4 Å². The lowest BCUT2D eigenvalue weighted by Crippen LogP contribution is -2.14. The number of rotatable bonds is 5. The monoisotopic (exact) mass is 489 g/mol. The number of carbonyl (C=O) groups excluding carboxylic acids is 1. The molecule has 4 heterocycles. The molecular formula is C25H24ClN7O2. The van der Waals surface area contributed by atoms with Gasteiger partial charge >= 0.3 is 6.09 Å². The van der Waals surface area contributed by atoms with Crippen molar-refractivity contribution in [3.63, 3.8) is 0 Å². The molecule has 0 atom stereocenters. The van der Waals surface area contributed by atoms with Crippen molar-refractivity contribution in [2.24, 2.45) is 14.1 Å². The zero-order chi connectivity index (χ0) is 24.7. The third kappa shape index (κ3) is 4.15. The van der Waals surface area contributed by atoms with E-state index >= 15 is 0 Å². The lowest BCUT2D eigenvalue weighted by molar-refractivity contribution is 0.155. The van der Waals surface area contributed by atoms with Crippen LogP contribution < -0.4 is 5.32 Å². The van der Waals surface area contributed by atoms with Gasteiger partial charge < -0.3 is 14.6 Å². The minimum Gasteiger partial charge on any atom is -0.449 e. The number of nitrogens with zero attached hydrogens (tertiary/aromatic N) is 6. The molecule has 0 fully saturated rings. The molecule has 5 rings (SSSR count). The van der Waals surface area contributed by atoms with Crippen molar-refractivity contribution < 1.29 is 9.53 Å². The van der Waals surface area contributed by atoms with E-state index in [0.717, 1.165) is 28.0 Å². The zero-order valence-corrected chi connectivity index (χ0v) is 20.5. The number of hydrogen-bond acceptors (Lipinski definition) is 6. The molecule has 9 nitrogen and oxygen atoms in total. The summed E-state index contributed by atoms with van der Waals surface area (Å²) in [7, 11) is 3.80. The molecule has 0 saturated heterocycles. The number of imidazole rings is 1. The molecule has 178 valence electrons. The first-order valence-corrected chi connectivity index (χ1v) is 11.5. The second-order valence-corrected chi connectivity index (χ2v) is 8.57. The molecule has 0 aliphatic rings. The van der Waals surface area contributed by atoms with Crippen LogP contribution in [-0.2, 0) is 18.8 Å². The van der Waals surface area contributed by atoms with E-state index in [-0.39, 0.29) is 6.61 Å². The molecule has 0 bridgehead atoms. The van der Waals surface area contributed by atoms with Crippen molar-refractivity contribution in [2.75, 3.05) is 11.9 Å². The number of aromatic nitrogens is 6. The number of fused-ring (bicyclic) bond motifs is 1. The fourth-order valence-electron chi connectivity index (χ4n) is 4.00. The Labute approximate surface area is 206 Å².